The molecule has 0 fully saturated rings. The SMILES string of the molecule is CNC(=O)C(C)CN(C)S(=O)(=O)CCCCN. The lowest BCUT2D eigenvalue weighted by Crippen LogP contribution is -2.38. The number of nitrogens with one attached hydrogen (secondary N) is 1. The van der Waals surface area contributed by atoms with Gasteiger partial charge in [-0.1, -0.05) is 6.92 Å². The first-order valence-corrected chi connectivity index (χ1v) is 7.31. The van der Waals surface area contributed by atoms with Crippen LogP contribution in [0.1, 0.15) is 19.8 Å². The van der Waals surface area contributed by atoms with Crippen LogP contribution in [-0.4, -0.2) is 51.6 Å². The van der Waals surface area contributed by atoms with E-state index in [0.717, 1.165) is 0 Å². The standard InChI is InChI=1S/C10H23N3O3S/c1-9(10(14)12-2)8-13(3)17(15,16)7-5-4-6-11/h9H,4-8,11H2,1-3H3,(H,12,14). The Balaban J connectivity index is 4.28. The van der Waals surface area contributed by atoms with E-state index in [1.54, 1.807) is 6.92 Å². The lowest BCUT2D eigenvalue weighted by Gasteiger charge is -2.20. The van der Waals surface area contributed by atoms with Crippen LogP contribution < -0.4 is 11.1 Å². The molecule has 0 rings (SSSR count). The number of amides is 1. The maximum absolute atomic E-state index is 11.8. The Hall–Kier alpha value is -0.660. The number of rotatable bonds is 8. The fraction of sp³-hybridized carbons (Fsp3) is 0.900. The molecule has 1 atom stereocenters. The molecule has 102 valence electrons. The minimum atomic E-state index is -3.27. The maximum Gasteiger partial charge on any atom is 0.223 e. The minimum Gasteiger partial charge on any atom is -0.359 e. The van der Waals surface area contributed by atoms with Crippen molar-refractivity contribution in [2.24, 2.45) is 11.7 Å². The number of unbranched alkanes of at least 4 members (excludes halogenated alkanes) is 1. The molecule has 17 heavy (non-hydrogen) atoms. The fourth-order valence-electron chi connectivity index (χ4n) is 1.41. The van der Waals surface area contributed by atoms with E-state index >= 15 is 0 Å². The van der Waals surface area contributed by atoms with Gasteiger partial charge in [0.2, 0.25) is 15.9 Å². The Morgan fingerprint density at radius 1 is 1.41 bits per heavy atom. The van der Waals surface area contributed by atoms with Crippen molar-refractivity contribution >= 4 is 15.9 Å². The van der Waals surface area contributed by atoms with E-state index in [1.807, 2.05) is 0 Å². The van der Waals surface area contributed by atoms with Crippen molar-refractivity contribution < 1.29 is 13.2 Å². The highest BCUT2D eigenvalue weighted by atomic mass is 32.2. The van der Waals surface area contributed by atoms with E-state index in [2.05, 4.69) is 5.32 Å². The average molecular weight is 265 g/mol. The predicted octanol–water partition coefficient (Wildman–Crippen LogP) is -0.631. The van der Waals surface area contributed by atoms with Gasteiger partial charge >= 0.3 is 0 Å². The van der Waals surface area contributed by atoms with Crippen molar-refractivity contribution in [2.45, 2.75) is 19.8 Å². The third-order valence-corrected chi connectivity index (χ3v) is 4.46. The smallest absolute Gasteiger partial charge is 0.223 e. The molecule has 7 heteroatoms. The maximum atomic E-state index is 11.8. The second-order valence-electron chi connectivity index (χ2n) is 4.11. The first-order chi connectivity index (χ1) is 7.85. The van der Waals surface area contributed by atoms with Crippen molar-refractivity contribution in [3.63, 3.8) is 0 Å². The van der Waals surface area contributed by atoms with Crippen LogP contribution in [0.5, 0.6) is 0 Å². The molecule has 0 aromatic heterocycles. The van der Waals surface area contributed by atoms with Crippen LogP contribution in [0.15, 0.2) is 0 Å². The molecule has 6 nitrogen and oxygen atoms in total. The van der Waals surface area contributed by atoms with Crippen molar-refractivity contribution in [2.75, 3.05) is 32.9 Å². The summed E-state index contributed by atoms with van der Waals surface area (Å²) in [6, 6.07) is 0. The highest BCUT2D eigenvalue weighted by Gasteiger charge is 2.22. The third kappa shape index (κ3) is 5.99. The molecule has 0 aromatic carbocycles. The Morgan fingerprint density at radius 2 is 2.00 bits per heavy atom. The summed E-state index contributed by atoms with van der Waals surface area (Å²) in [5, 5.41) is 2.50. The zero-order chi connectivity index (χ0) is 13.5. The Kier molecular flexibility index (Phi) is 7.33. The number of hydrogen-bond donors (Lipinski definition) is 2. The van der Waals surface area contributed by atoms with E-state index in [-0.39, 0.29) is 24.1 Å². The molecule has 0 aromatic rings. The molecule has 3 N–H and O–H groups in total. The molecule has 0 aliphatic rings. The Labute approximate surface area is 104 Å². The molecule has 0 saturated heterocycles. The van der Waals surface area contributed by atoms with Crippen molar-refractivity contribution in [3.05, 3.63) is 0 Å². The van der Waals surface area contributed by atoms with E-state index in [4.69, 9.17) is 5.73 Å². The Bertz CT molecular complexity index is 330. The number of carbonyl (C=O) groups is 1. The van der Waals surface area contributed by atoms with E-state index in [9.17, 15) is 13.2 Å². The number of hydrogen-bond acceptors (Lipinski definition) is 4. The van der Waals surface area contributed by atoms with Crippen molar-refractivity contribution in [1.82, 2.24) is 9.62 Å². The molecule has 0 saturated carbocycles. The summed E-state index contributed by atoms with van der Waals surface area (Å²) in [6.07, 6.45) is 1.25. The summed E-state index contributed by atoms with van der Waals surface area (Å²) in [6.45, 7) is 2.39. The quantitative estimate of drug-likeness (QED) is 0.571. The third-order valence-electron chi connectivity index (χ3n) is 2.56. The summed E-state index contributed by atoms with van der Waals surface area (Å²) < 4.78 is 24.8. The summed E-state index contributed by atoms with van der Waals surface area (Å²) in [7, 11) is -0.238. The van der Waals surface area contributed by atoms with Crippen molar-refractivity contribution in [3.8, 4) is 0 Å². The molecule has 0 aliphatic carbocycles. The molecule has 1 amide bonds. The van der Waals surface area contributed by atoms with Gasteiger partial charge in [-0.2, -0.15) is 0 Å². The van der Waals surface area contributed by atoms with Crippen LogP contribution >= 0.6 is 0 Å². The Morgan fingerprint density at radius 3 is 2.47 bits per heavy atom. The minimum absolute atomic E-state index is 0.0845. The van der Waals surface area contributed by atoms with Crippen LogP contribution in [0.4, 0.5) is 0 Å². The zero-order valence-corrected chi connectivity index (χ0v) is 11.6. The van der Waals surface area contributed by atoms with Gasteiger partial charge in [0.25, 0.3) is 0 Å². The van der Waals surface area contributed by atoms with Crippen LogP contribution in [0, 0.1) is 5.92 Å². The first-order valence-electron chi connectivity index (χ1n) is 5.70. The van der Waals surface area contributed by atoms with Gasteiger partial charge in [-0.25, -0.2) is 12.7 Å². The molecule has 0 radical (unpaired) electrons. The van der Waals surface area contributed by atoms with Crippen molar-refractivity contribution in [1.29, 1.82) is 0 Å². The molecule has 0 aliphatic heterocycles. The molecular weight excluding hydrogens is 242 g/mol. The summed E-state index contributed by atoms with van der Waals surface area (Å²) >= 11 is 0. The van der Waals surface area contributed by atoms with E-state index < -0.39 is 10.0 Å². The number of carbonyl (C=O) groups excluding carboxylic acids is 1. The highest BCUT2D eigenvalue weighted by Crippen LogP contribution is 2.06. The summed E-state index contributed by atoms with van der Waals surface area (Å²) in [5.41, 5.74) is 5.31. The lowest BCUT2D eigenvalue weighted by atomic mass is 10.2. The van der Waals surface area contributed by atoms with E-state index in [1.165, 1.54) is 18.4 Å². The fourth-order valence-corrected chi connectivity index (χ4v) is 2.74. The molecular formula is C10H23N3O3S. The van der Waals surface area contributed by atoms with Gasteiger partial charge in [-0.15, -0.1) is 0 Å². The number of nitrogens with two attached hydrogens (primary N) is 1. The van der Waals surface area contributed by atoms with Gasteiger partial charge in [0.15, 0.2) is 0 Å². The van der Waals surface area contributed by atoms with Gasteiger partial charge in [0, 0.05) is 26.6 Å². The number of sulfonamides is 1. The summed E-state index contributed by atoms with van der Waals surface area (Å²) in [4.78, 5) is 11.3. The highest BCUT2D eigenvalue weighted by molar-refractivity contribution is 7.89. The van der Waals surface area contributed by atoms with Crippen LogP contribution in [-0.2, 0) is 14.8 Å². The lowest BCUT2D eigenvalue weighted by molar-refractivity contribution is -0.124. The van der Waals surface area contributed by atoms with E-state index in [0.29, 0.717) is 19.4 Å². The monoisotopic (exact) mass is 265 g/mol. The predicted molar refractivity (Wildman–Crippen MR) is 67.9 cm³/mol. The summed E-state index contributed by atoms with van der Waals surface area (Å²) in [5.74, 6) is -0.426. The van der Waals surface area contributed by atoms with Gasteiger partial charge < -0.3 is 11.1 Å². The normalized spacial score (nSPS) is 13.7. The first kappa shape index (κ1) is 16.3. The van der Waals surface area contributed by atoms with Crippen LogP contribution in [0.3, 0.4) is 0 Å². The largest absolute Gasteiger partial charge is 0.359 e. The van der Waals surface area contributed by atoms with Gasteiger partial charge in [0.1, 0.15) is 0 Å². The topological polar surface area (TPSA) is 92.5 Å². The number of nitrogens with zero attached hydrogens (tertiary/aromatic N) is 1. The van der Waals surface area contributed by atoms with Crippen LogP contribution in [0.2, 0.25) is 0 Å². The molecule has 0 heterocycles. The molecule has 1 unspecified atom stereocenters. The average Bonchev–Trinajstić information content (AvgIpc) is 2.27. The van der Waals surface area contributed by atoms with Crippen LogP contribution in [0.25, 0.3) is 0 Å². The molecule has 0 bridgehead atoms. The van der Waals surface area contributed by atoms with Gasteiger partial charge in [0.05, 0.1) is 5.75 Å². The van der Waals surface area contributed by atoms with Gasteiger partial charge in [-0.3, -0.25) is 4.79 Å². The van der Waals surface area contributed by atoms with Gasteiger partial charge in [-0.05, 0) is 19.4 Å². The zero-order valence-electron chi connectivity index (χ0n) is 10.8. The molecule has 0 spiro atoms. The second-order valence-corrected chi connectivity index (χ2v) is 6.30. The second kappa shape index (κ2) is 7.62.